The van der Waals surface area contributed by atoms with Crippen molar-refractivity contribution in [1.29, 1.82) is 0 Å². The van der Waals surface area contributed by atoms with Gasteiger partial charge >= 0.3 is 0 Å². The van der Waals surface area contributed by atoms with Crippen LogP contribution in [-0.4, -0.2) is 145 Å². The minimum absolute atomic E-state index is 0.118. The van der Waals surface area contributed by atoms with Gasteiger partial charge in [-0.3, -0.25) is 28.8 Å². The van der Waals surface area contributed by atoms with Crippen LogP contribution in [0.25, 0.3) is 0 Å². The van der Waals surface area contributed by atoms with Crippen LogP contribution in [0.4, 0.5) is 0 Å². The maximum Gasteiger partial charge on any atom is 0.242 e. The van der Waals surface area contributed by atoms with Gasteiger partial charge in [-0.2, -0.15) is 50.5 Å². The van der Waals surface area contributed by atoms with Gasteiger partial charge in [-0.15, -0.1) is 0 Å². The molecule has 0 aromatic carbocycles. The second kappa shape index (κ2) is 32.6. The smallest absolute Gasteiger partial charge is 0.242 e. The molecule has 14 N–H and O–H groups in total. The lowest BCUT2D eigenvalue weighted by Gasteiger charge is -2.33. The van der Waals surface area contributed by atoms with E-state index in [2.05, 4.69) is 82.4 Å². The summed E-state index contributed by atoms with van der Waals surface area (Å²) in [6, 6.07) is -4.80. The molecule has 18 nitrogen and oxygen atoms in total. The van der Waals surface area contributed by atoms with E-state index in [9.17, 15) is 28.8 Å². The Balaban J connectivity index is 5.08. The van der Waals surface area contributed by atoms with E-state index in [4.69, 9.17) is 32.4 Å². The molecule has 0 spiro atoms. The zero-order chi connectivity index (χ0) is 45.7. The first-order valence-corrected chi connectivity index (χ1v) is 23.3. The zero-order valence-corrected chi connectivity index (χ0v) is 39.5. The number of hydrogen-bond acceptors (Lipinski definition) is 16. The molecule has 0 saturated heterocycles. The molecule has 0 bridgehead atoms. The molecule has 0 aliphatic heterocycles. The van der Waals surface area contributed by atoms with E-state index < -0.39 is 59.3 Å². The van der Waals surface area contributed by atoms with Gasteiger partial charge in [-0.25, -0.2) is 0 Å². The molecular weight excluding hydrogens is 853 g/mol. The van der Waals surface area contributed by atoms with Crippen molar-refractivity contribution in [3.8, 4) is 0 Å². The van der Waals surface area contributed by atoms with E-state index in [1.54, 1.807) is 0 Å². The van der Waals surface area contributed by atoms with Gasteiger partial charge in [-0.1, -0.05) is 13.8 Å². The average molecular weight is 929 g/mol. The molecule has 0 saturated carbocycles. The Morgan fingerprint density at radius 2 is 0.833 bits per heavy atom. The first-order chi connectivity index (χ1) is 28.4. The van der Waals surface area contributed by atoms with Crippen molar-refractivity contribution in [3.05, 3.63) is 0 Å². The zero-order valence-electron chi connectivity index (χ0n) is 36.0. The molecule has 0 aliphatic carbocycles. The number of thiol groups is 4. The van der Waals surface area contributed by atoms with Crippen molar-refractivity contribution >= 4 is 86.0 Å². The summed E-state index contributed by atoms with van der Waals surface area (Å²) in [7, 11) is 0. The summed E-state index contributed by atoms with van der Waals surface area (Å²) in [5, 5.41) is 16.7. The van der Waals surface area contributed by atoms with Crippen LogP contribution >= 0.6 is 50.5 Å². The van der Waals surface area contributed by atoms with Crippen LogP contribution in [0.15, 0.2) is 0 Å². The quantitative estimate of drug-likeness (QED) is 0.0268. The first-order valence-electron chi connectivity index (χ1n) is 20.8. The van der Waals surface area contributed by atoms with Crippen molar-refractivity contribution in [1.82, 2.24) is 31.9 Å². The van der Waals surface area contributed by atoms with Gasteiger partial charge in [0.15, 0.2) is 0 Å². The third kappa shape index (κ3) is 24.6. The first kappa shape index (κ1) is 58.0. The summed E-state index contributed by atoms with van der Waals surface area (Å²) in [5.41, 5.74) is 21.9. The Labute approximate surface area is 379 Å². The van der Waals surface area contributed by atoms with Crippen molar-refractivity contribution in [2.45, 2.75) is 139 Å². The van der Waals surface area contributed by atoms with Crippen molar-refractivity contribution < 1.29 is 38.2 Å². The summed E-state index contributed by atoms with van der Waals surface area (Å²) in [4.78, 5) is 75.3. The monoisotopic (exact) mass is 928 g/mol. The van der Waals surface area contributed by atoms with Gasteiger partial charge in [-0.05, 0) is 78.1 Å². The number of nitrogens with two attached hydrogens (primary N) is 4. The minimum Gasteiger partial charge on any atom is -0.375 e. The number of hydrogen-bond donors (Lipinski definition) is 14. The summed E-state index contributed by atoms with van der Waals surface area (Å²) >= 11 is 16.2. The maximum atomic E-state index is 13.2. The number of nitrogens with one attached hydrogen (secondary N) is 6. The Kier molecular flexibility index (Phi) is 31.5. The van der Waals surface area contributed by atoms with Gasteiger partial charge in [0.1, 0.15) is 12.1 Å². The van der Waals surface area contributed by atoms with Gasteiger partial charge in [0, 0.05) is 49.2 Å². The maximum absolute atomic E-state index is 13.2. The molecule has 0 radical (unpaired) electrons. The van der Waals surface area contributed by atoms with E-state index in [1.165, 1.54) is 0 Å². The van der Waals surface area contributed by atoms with Crippen LogP contribution in [0.2, 0.25) is 0 Å². The molecule has 8 atom stereocenters. The third-order valence-electron chi connectivity index (χ3n) is 10.2. The highest BCUT2D eigenvalue weighted by atomic mass is 32.1. The van der Waals surface area contributed by atoms with Crippen LogP contribution in [-0.2, 0) is 38.2 Å². The summed E-state index contributed by atoms with van der Waals surface area (Å²) in [6.07, 6.45) is 5.33. The predicted molar refractivity (Wildman–Crippen MR) is 249 cm³/mol. The number of ether oxygens (including phenoxy) is 2. The second-order valence-corrected chi connectivity index (χ2v) is 16.7. The molecule has 0 fully saturated rings. The molecule has 22 heteroatoms. The van der Waals surface area contributed by atoms with Crippen LogP contribution in [0, 0.1) is 0 Å². The minimum atomic E-state index is -0.873. The Bertz CT molecular complexity index is 1300. The molecule has 0 heterocycles. The fraction of sp³-hybridized carbons (Fsp3) is 0.842. The number of unbranched alkanes of at least 4 members (excludes halogenated alkanes) is 2. The highest BCUT2D eigenvalue weighted by Gasteiger charge is 2.29. The molecule has 8 unspecified atom stereocenters. The highest BCUT2D eigenvalue weighted by molar-refractivity contribution is 7.80. The van der Waals surface area contributed by atoms with E-state index in [0.717, 1.165) is 0 Å². The number of rotatable bonds is 35. The molecular formula is C38H76N10O8S4. The van der Waals surface area contributed by atoms with Gasteiger partial charge in [0.25, 0.3) is 0 Å². The predicted octanol–water partition coefficient (Wildman–Crippen LogP) is -1.06. The van der Waals surface area contributed by atoms with Crippen LogP contribution in [0.3, 0.4) is 0 Å². The molecule has 0 aromatic rings. The third-order valence-corrected chi connectivity index (χ3v) is 11.8. The standard InChI is InChI=1S/C38H76N10O8S4/c1-5-37(3,13-17-45-35(53)29(47-33(51)27(41)23-59)11-7-9-15-43-31(49)25(39)21-57)55-19-14-38(4,6-2)56-20-18-46-36(54)30(48-34(52)28(42)24-60)12-8-10-16-44-32(50)26(40)22-58/h25-30,57-60H,5-24,39-42H2,1-4H3,(H,43,49)(H,44,50)(H,45,53)(H,46,54)(H,47,51)(H,48,52). The van der Waals surface area contributed by atoms with E-state index in [0.29, 0.717) is 90.4 Å². The molecule has 60 heavy (non-hydrogen) atoms. The number of amides is 6. The van der Waals surface area contributed by atoms with Crippen molar-refractivity contribution in [3.63, 3.8) is 0 Å². The van der Waals surface area contributed by atoms with E-state index in [1.807, 2.05) is 27.7 Å². The van der Waals surface area contributed by atoms with Crippen molar-refractivity contribution in [2.24, 2.45) is 22.9 Å². The molecule has 350 valence electrons. The topological polar surface area (TPSA) is 297 Å². The lowest BCUT2D eigenvalue weighted by Crippen LogP contribution is -2.52. The number of carbonyl (C=O) groups excluding carboxylic acids is 6. The summed E-state index contributed by atoms with van der Waals surface area (Å²) in [6.45, 7) is 9.81. The lowest BCUT2D eigenvalue weighted by molar-refractivity contribution is -0.130. The van der Waals surface area contributed by atoms with Crippen molar-refractivity contribution in [2.75, 3.05) is 62.4 Å². The largest absolute Gasteiger partial charge is 0.375 e. The molecule has 0 rings (SSSR count). The Morgan fingerprint density at radius 1 is 0.483 bits per heavy atom. The summed E-state index contributed by atoms with van der Waals surface area (Å²) in [5.74, 6) is -1.60. The number of carbonyl (C=O) groups is 6. The van der Waals surface area contributed by atoms with Gasteiger partial charge in [0.2, 0.25) is 35.4 Å². The highest BCUT2D eigenvalue weighted by Crippen LogP contribution is 2.24. The second-order valence-electron chi connectivity index (χ2n) is 15.2. The van der Waals surface area contributed by atoms with Gasteiger partial charge < -0.3 is 64.3 Å². The normalized spacial score (nSPS) is 16.4. The Hall–Kier alpha value is -2.02. The van der Waals surface area contributed by atoms with E-state index >= 15 is 0 Å². The molecule has 0 aliphatic rings. The fourth-order valence-electron chi connectivity index (χ4n) is 5.44. The lowest BCUT2D eigenvalue weighted by atomic mass is 9.97. The summed E-state index contributed by atoms with van der Waals surface area (Å²) < 4.78 is 12.6. The average Bonchev–Trinajstić information content (AvgIpc) is 3.24. The van der Waals surface area contributed by atoms with E-state index in [-0.39, 0.29) is 59.8 Å². The SMILES string of the molecule is CCC(C)(CCNC(=O)C(CCCCNC(=O)C(N)CS)NC(=O)C(N)CS)OCCC(C)(CC)OCCNC(=O)C(CCCCNC(=O)C(N)CS)NC(=O)C(N)CS. The van der Waals surface area contributed by atoms with Crippen LogP contribution in [0.5, 0.6) is 0 Å². The van der Waals surface area contributed by atoms with Gasteiger partial charge in [0.05, 0.1) is 48.6 Å². The fourth-order valence-corrected chi connectivity index (χ4v) is 6.11. The van der Waals surface area contributed by atoms with Crippen LogP contribution < -0.4 is 54.8 Å². The molecule has 6 amide bonds. The molecule has 0 aromatic heterocycles. The Morgan fingerprint density at radius 3 is 1.23 bits per heavy atom. The van der Waals surface area contributed by atoms with Crippen LogP contribution in [0.1, 0.15) is 91.9 Å².